The van der Waals surface area contributed by atoms with Gasteiger partial charge in [0.25, 0.3) is 6.02 Å². The molecule has 0 spiro atoms. The van der Waals surface area contributed by atoms with Gasteiger partial charge in [-0.25, -0.2) is 4.99 Å². The Balaban J connectivity index is 2.32. The lowest BCUT2D eigenvalue weighted by Crippen LogP contribution is -2.10. The third-order valence-electron chi connectivity index (χ3n) is 1.94. The normalized spacial score (nSPS) is 20.4. The van der Waals surface area contributed by atoms with Gasteiger partial charge in [0.1, 0.15) is 12.6 Å². The summed E-state index contributed by atoms with van der Waals surface area (Å²) < 4.78 is 7.13. The minimum absolute atomic E-state index is 0.0174. The predicted octanol–water partition coefficient (Wildman–Crippen LogP) is 2.60. The molecule has 1 atom stereocenters. The molecular formula is C9H8Br2N2O. The van der Waals surface area contributed by atoms with E-state index in [0.717, 1.165) is 14.5 Å². The zero-order valence-electron chi connectivity index (χ0n) is 7.21. The summed E-state index contributed by atoms with van der Waals surface area (Å²) in [5.74, 6) is 0. The van der Waals surface area contributed by atoms with Crippen molar-refractivity contribution in [2.24, 2.45) is 10.7 Å². The van der Waals surface area contributed by atoms with E-state index >= 15 is 0 Å². The molecule has 1 heterocycles. The molecule has 0 aliphatic carbocycles. The van der Waals surface area contributed by atoms with E-state index in [1.54, 1.807) is 0 Å². The summed E-state index contributed by atoms with van der Waals surface area (Å²) >= 11 is 6.85. The summed E-state index contributed by atoms with van der Waals surface area (Å²) in [6.07, 6.45) is 0. The minimum Gasteiger partial charge on any atom is -0.463 e. The van der Waals surface area contributed by atoms with Crippen LogP contribution in [0.2, 0.25) is 0 Å². The monoisotopic (exact) mass is 318 g/mol. The van der Waals surface area contributed by atoms with Crippen LogP contribution < -0.4 is 5.73 Å². The molecule has 0 saturated carbocycles. The first-order valence-electron chi connectivity index (χ1n) is 4.07. The topological polar surface area (TPSA) is 47.6 Å². The molecule has 0 fully saturated rings. The van der Waals surface area contributed by atoms with E-state index in [2.05, 4.69) is 36.9 Å². The number of hydrogen-bond donors (Lipinski definition) is 1. The Morgan fingerprint density at radius 1 is 1.29 bits per heavy atom. The van der Waals surface area contributed by atoms with Crippen LogP contribution in [0.25, 0.3) is 0 Å². The third-order valence-corrected chi connectivity index (χ3v) is 2.86. The molecule has 3 nitrogen and oxygen atoms in total. The Bertz CT molecular complexity index is 372. The predicted molar refractivity (Wildman–Crippen MR) is 62.2 cm³/mol. The fraction of sp³-hybridized carbons (Fsp3) is 0.222. The number of halogens is 2. The van der Waals surface area contributed by atoms with Crippen molar-refractivity contribution in [3.63, 3.8) is 0 Å². The van der Waals surface area contributed by atoms with Gasteiger partial charge in [0.05, 0.1) is 0 Å². The lowest BCUT2D eigenvalue weighted by molar-refractivity contribution is 0.315. The van der Waals surface area contributed by atoms with Gasteiger partial charge in [-0.05, 0) is 23.8 Å². The SMILES string of the molecule is NC1=NC(c2cc(Br)cc(Br)c2)CO1. The average Bonchev–Trinajstić information content (AvgIpc) is 2.50. The van der Waals surface area contributed by atoms with E-state index < -0.39 is 0 Å². The van der Waals surface area contributed by atoms with Crippen LogP contribution in [0.15, 0.2) is 32.1 Å². The molecule has 1 aliphatic heterocycles. The lowest BCUT2D eigenvalue weighted by atomic mass is 10.1. The van der Waals surface area contributed by atoms with Crippen molar-refractivity contribution in [2.45, 2.75) is 6.04 Å². The molecule has 0 saturated heterocycles. The van der Waals surface area contributed by atoms with Crippen molar-refractivity contribution in [2.75, 3.05) is 6.61 Å². The third kappa shape index (κ3) is 2.09. The van der Waals surface area contributed by atoms with Crippen LogP contribution in [-0.2, 0) is 4.74 Å². The smallest absolute Gasteiger partial charge is 0.282 e. The standard InChI is InChI=1S/C9H8Br2N2O/c10-6-1-5(2-7(11)3-6)8-4-14-9(12)13-8/h1-3,8H,4H2,(H2,12,13). The zero-order chi connectivity index (χ0) is 10.1. The molecule has 14 heavy (non-hydrogen) atoms. The van der Waals surface area contributed by atoms with Crippen molar-refractivity contribution in [3.8, 4) is 0 Å². The van der Waals surface area contributed by atoms with Gasteiger partial charge >= 0.3 is 0 Å². The molecule has 1 aromatic carbocycles. The fourth-order valence-electron chi connectivity index (χ4n) is 1.33. The number of nitrogens with zero attached hydrogens (tertiary/aromatic N) is 1. The fourth-order valence-corrected chi connectivity index (χ4v) is 2.66. The number of benzene rings is 1. The highest BCUT2D eigenvalue weighted by Gasteiger charge is 2.19. The molecule has 0 amide bonds. The van der Waals surface area contributed by atoms with Crippen LogP contribution >= 0.6 is 31.9 Å². The van der Waals surface area contributed by atoms with Gasteiger partial charge < -0.3 is 10.5 Å². The number of nitrogens with two attached hydrogens (primary N) is 1. The second kappa shape index (κ2) is 3.90. The van der Waals surface area contributed by atoms with Gasteiger partial charge in [0, 0.05) is 8.95 Å². The maximum Gasteiger partial charge on any atom is 0.282 e. The van der Waals surface area contributed by atoms with E-state index in [1.807, 2.05) is 18.2 Å². The highest BCUT2D eigenvalue weighted by molar-refractivity contribution is 9.11. The van der Waals surface area contributed by atoms with E-state index in [-0.39, 0.29) is 12.1 Å². The molecule has 74 valence electrons. The molecule has 0 aromatic heterocycles. The van der Waals surface area contributed by atoms with Crippen LogP contribution in [0, 0.1) is 0 Å². The molecule has 1 unspecified atom stereocenters. The van der Waals surface area contributed by atoms with Crippen LogP contribution in [0.1, 0.15) is 11.6 Å². The maximum atomic E-state index is 5.44. The highest BCUT2D eigenvalue weighted by atomic mass is 79.9. The number of hydrogen-bond acceptors (Lipinski definition) is 3. The van der Waals surface area contributed by atoms with Crippen LogP contribution in [0.5, 0.6) is 0 Å². The second-order valence-electron chi connectivity index (χ2n) is 3.00. The summed E-state index contributed by atoms with van der Waals surface area (Å²) in [4.78, 5) is 4.17. The Labute approximate surface area is 98.6 Å². The molecule has 5 heteroatoms. The maximum absolute atomic E-state index is 5.44. The van der Waals surface area contributed by atoms with Gasteiger partial charge in [-0.3, -0.25) is 0 Å². The highest BCUT2D eigenvalue weighted by Crippen LogP contribution is 2.28. The van der Waals surface area contributed by atoms with Gasteiger partial charge in [0.2, 0.25) is 0 Å². The summed E-state index contributed by atoms with van der Waals surface area (Å²) in [7, 11) is 0. The number of ether oxygens (including phenoxy) is 1. The number of rotatable bonds is 1. The summed E-state index contributed by atoms with van der Waals surface area (Å²) in [6.45, 7) is 0.523. The zero-order valence-corrected chi connectivity index (χ0v) is 10.4. The summed E-state index contributed by atoms with van der Waals surface area (Å²) in [6, 6.07) is 6.30. The van der Waals surface area contributed by atoms with Gasteiger partial charge in [-0.2, -0.15) is 0 Å². The number of aliphatic imine (C=N–C) groups is 1. The Morgan fingerprint density at radius 2 is 1.93 bits per heavy atom. The van der Waals surface area contributed by atoms with Crippen molar-refractivity contribution < 1.29 is 4.74 Å². The average molecular weight is 320 g/mol. The lowest BCUT2D eigenvalue weighted by Gasteiger charge is -2.06. The van der Waals surface area contributed by atoms with Gasteiger partial charge in [-0.1, -0.05) is 31.9 Å². The quantitative estimate of drug-likeness (QED) is 0.865. The Morgan fingerprint density at radius 3 is 2.43 bits per heavy atom. The molecule has 2 N–H and O–H groups in total. The first-order chi connectivity index (χ1) is 6.65. The molecule has 2 rings (SSSR count). The van der Waals surface area contributed by atoms with Gasteiger partial charge in [0.15, 0.2) is 0 Å². The van der Waals surface area contributed by atoms with Crippen molar-refractivity contribution in [1.82, 2.24) is 0 Å². The van der Waals surface area contributed by atoms with Crippen molar-refractivity contribution in [1.29, 1.82) is 0 Å². The van der Waals surface area contributed by atoms with Crippen LogP contribution in [0.3, 0.4) is 0 Å². The van der Waals surface area contributed by atoms with E-state index in [9.17, 15) is 0 Å². The molecular weight excluding hydrogens is 312 g/mol. The Kier molecular flexibility index (Phi) is 2.78. The summed E-state index contributed by atoms with van der Waals surface area (Å²) in [5, 5.41) is 0. The van der Waals surface area contributed by atoms with Crippen LogP contribution in [-0.4, -0.2) is 12.6 Å². The van der Waals surface area contributed by atoms with Gasteiger partial charge in [-0.15, -0.1) is 0 Å². The largest absolute Gasteiger partial charge is 0.463 e. The molecule has 1 aromatic rings. The van der Waals surface area contributed by atoms with E-state index in [0.29, 0.717) is 6.61 Å². The minimum atomic E-state index is 0.0174. The molecule has 0 radical (unpaired) electrons. The van der Waals surface area contributed by atoms with Crippen molar-refractivity contribution in [3.05, 3.63) is 32.7 Å². The Hall–Kier alpha value is -0.550. The molecule has 1 aliphatic rings. The summed E-state index contributed by atoms with van der Waals surface area (Å²) in [5.41, 5.74) is 6.53. The number of amidine groups is 1. The second-order valence-corrected chi connectivity index (χ2v) is 4.83. The first-order valence-corrected chi connectivity index (χ1v) is 5.66. The first kappa shape index (κ1) is 9.98. The van der Waals surface area contributed by atoms with E-state index in [1.165, 1.54) is 0 Å². The van der Waals surface area contributed by atoms with E-state index in [4.69, 9.17) is 10.5 Å². The van der Waals surface area contributed by atoms with Crippen molar-refractivity contribution >= 4 is 37.9 Å². The van der Waals surface area contributed by atoms with Crippen LogP contribution in [0.4, 0.5) is 0 Å². The molecule has 0 bridgehead atoms.